The van der Waals surface area contributed by atoms with Gasteiger partial charge in [-0.2, -0.15) is 0 Å². The quantitative estimate of drug-likeness (QED) is 0.857. The van der Waals surface area contributed by atoms with E-state index in [0.29, 0.717) is 27.4 Å². The number of nitrogens with zero attached hydrogens (tertiary/aromatic N) is 2. The predicted molar refractivity (Wildman–Crippen MR) is 81.1 cm³/mol. The smallest absolute Gasteiger partial charge is 0.332 e. The van der Waals surface area contributed by atoms with E-state index in [1.807, 2.05) is 6.92 Å². The number of anilines is 1. The zero-order chi connectivity index (χ0) is 14.7. The van der Waals surface area contributed by atoms with Gasteiger partial charge in [-0.25, -0.2) is 9.78 Å². The number of carboxylic acid groups (broad SMARTS) is 1. The van der Waals surface area contributed by atoms with E-state index in [1.54, 1.807) is 35.3 Å². The van der Waals surface area contributed by atoms with Crippen molar-refractivity contribution in [2.75, 3.05) is 5.32 Å². The number of carbonyl (C=O) groups is 1. The molecule has 1 atom stereocenters. The van der Waals surface area contributed by atoms with Crippen molar-refractivity contribution < 1.29 is 9.90 Å². The highest BCUT2D eigenvalue weighted by atomic mass is 79.9. The number of benzene rings is 1. The van der Waals surface area contributed by atoms with Gasteiger partial charge >= 0.3 is 5.97 Å². The number of aliphatic carboxylic acids is 1. The maximum atomic E-state index is 11.5. The van der Waals surface area contributed by atoms with Crippen LogP contribution in [-0.4, -0.2) is 20.6 Å². The summed E-state index contributed by atoms with van der Waals surface area (Å²) >= 11 is 9.23. The number of aryl methyl sites for hydroxylation is 1. The van der Waals surface area contributed by atoms with E-state index >= 15 is 0 Å². The lowest BCUT2D eigenvalue weighted by Crippen LogP contribution is -2.23. The molecule has 0 aliphatic heterocycles. The van der Waals surface area contributed by atoms with Gasteiger partial charge in [0.25, 0.3) is 0 Å². The second-order valence-corrected chi connectivity index (χ2v) is 5.41. The number of hydrogen-bond acceptors (Lipinski definition) is 3. The van der Waals surface area contributed by atoms with Gasteiger partial charge in [0.15, 0.2) is 6.04 Å². The van der Waals surface area contributed by atoms with Crippen molar-refractivity contribution in [1.29, 1.82) is 0 Å². The highest BCUT2D eigenvalue weighted by molar-refractivity contribution is 9.10. The Kier molecular flexibility index (Phi) is 4.67. The molecule has 0 saturated carbocycles. The molecule has 0 aliphatic carbocycles. The van der Waals surface area contributed by atoms with E-state index in [9.17, 15) is 9.90 Å². The molecule has 0 spiro atoms. The molecule has 0 saturated heterocycles. The van der Waals surface area contributed by atoms with Gasteiger partial charge < -0.3 is 15.0 Å². The van der Waals surface area contributed by atoms with Crippen molar-refractivity contribution in [1.82, 2.24) is 9.55 Å². The van der Waals surface area contributed by atoms with Crippen molar-refractivity contribution in [2.24, 2.45) is 0 Å². The number of halogens is 2. The maximum Gasteiger partial charge on any atom is 0.332 e. The lowest BCUT2D eigenvalue weighted by Gasteiger charge is -2.17. The predicted octanol–water partition coefficient (Wildman–Crippen LogP) is 3.56. The molecular formula is C13H13BrClN3O2. The highest BCUT2D eigenvalue weighted by Gasteiger charge is 2.23. The lowest BCUT2D eigenvalue weighted by molar-refractivity contribution is -0.138. The minimum Gasteiger partial charge on any atom is -0.479 e. The number of nitrogens with one attached hydrogen (secondary N) is 1. The Morgan fingerprint density at radius 2 is 2.35 bits per heavy atom. The Labute approximate surface area is 129 Å². The molecule has 2 rings (SSSR count). The standard InChI is InChI=1S/C13H13BrClN3O2/c1-2-18-7-16-6-11(18)12(13(19)20)17-8-3-4-10(15)9(14)5-8/h3-7,12,17H,2H2,1H3,(H,19,20). The largest absolute Gasteiger partial charge is 0.479 e. The summed E-state index contributed by atoms with van der Waals surface area (Å²) in [5.41, 5.74) is 1.27. The molecule has 0 aliphatic rings. The van der Waals surface area contributed by atoms with Crippen LogP contribution in [0.3, 0.4) is 0 Å². The third kappa shape index (κ3) is 3.13. The number of hydrogen-bond donors (Lipinski definition) is 2. The number of carboxylic acids is 1. The second kappa shape index (κ2) is 6.28. The SMILES string of the molecule is CCn1cncc1C(Nc1ccc(Cl)c(Br)c1)C(=O)O. The third-order valence-corrected chi connectivity index (χ3v) is 4.07. The van der Waals surface area contributed by atoms with Gasteiger partial charge in [0.05, 0.1) is 23.2 Å². The van der Waals surface area contributed by atoms with E-state index in [0.717, 1.165) is 0 Å². The molecule has 1 aromatic heterocycles. The van der Waals surface area contributed by atoms with Gasteiger partial charge in [-0.05, 0) is 41.1 Å². The van der Waals surface area contributed by atoms with Crippen molar-refractivity contribution >= 4 is 39.2 Å². The molecule has 1 aromatic carbocycles. The van der Waals surface area contributed by atoms with Crippen LogP contribution >= 0.6 is 27.5 Å². The van der Waals surface area contributed by atoms with Crippen LogP contribution in [0.25, 0.3) is 0 Å². The fourth-order valence-electron chi connectivity index (χ4n) is 1.85. The summed E-state index contributed by atoms with van der Waals surface area (Å²) < 4.78 is 2.49. The summed E-state index contributed by atoms with van der Waals surface area (Å²) in [7, 11) is 0. The van der Waals surface area contributed by atoms with Crippen LogP contribution in [0.2, 0.25) is 5.02 Å². The molecule has 0 fully saturated rings. The van der Waals surface area contributed by atoms with Crippen molar-refractivity contribution in [3.63, 3.8) is 0 Å². The molecule has 0 radical (unpaired) electrons. The Bertz CT molecular complexity index is 630. The van der Waals surface area contributed by atoms with Crippen molar-refractivity contribution in [3.05, 3.63) is 45.9 Å². The van der Waals surface area contributed by atoms with Crippen molar-refractivity contribution in [2.45, 2.75) is 19.5 Å². The first-order valence-electron chi connectivity index (χ1n) is 5.97. The summed E-state index contributed by atoms with van der Waals surface area (Å²) in [4.78, 5) is 15.5. The van der Waals surface area contributed by atoms with Gasteiger partial charge in [-0.1, -0.05) is 11.6 Å². The summed E-state index contributed by atoms with van der Waals surface area (Å²) in [6.07, 6.45) is 3.17. The van der Waals surface area contributed by atoms with E-state index < -0.39 is 12.0 Å². The summed E-state index contributed by atoms with van der Waals surface area (Å²) in [5.74, 6) is -0.966. The zero-order valence-electron chi connectivity index (χ0n) is 10.7. The van der Waals surface area contributed by atoms with E-state index in [2.05, 4.69) is 26.2 Å². The van der Waals surface area contributed by atoms with Gasteiger partial charge in [0, 0.05) is 16.7 Å². The van der Waals surface area contributed by atoms with Crippen molar-refractivity contribution in [3.8, 4) is 0 Å². The fourth-order valence-corrected chi connectivity index (χ4v) is 2.35. The van der Waals surface area contributed by atoms with E-state index in [4.69, 9.17) is 11.6 Å². The Hall–Kier alpha value is -1.53. The minimum atomic E-state index is -0.966. The molecule has 1 heterocycles. The zero-order valence-corrected chi connectivity index (χ0v) is 13.0. The third-order valence-electron chi connectivity index (χ3n) is 2.86. The van der Waals surface area contributed by atoms with Crippen LogP contribution in [0.5, 0.6) is 0 Å². The molecular weight excluding hydrogens is 346 g/mol. The summed E-state index contributed by atoms with van der Waals surface area (Å²) in [5, 5.41) is 13.0. The summed E-state index contributed by atoms with van der Waals surface area (Å²) in [6.45, 7) is 2.59. The van der Waals surface area contributed by atoms with E-state index in [1.165, 1.54) is 0 Å². The maximum absolute atomic E-state index is 11.5. The van der Waals surface area contributed by atoms with Crippen LogP contribution in [0.4, 0.5) is 5.69 Å². The first-order chi connectivity index (χ1) is 9.52. The second-order valence-electron chi connectivity index (χ2n) is 4.15. The average molecular weight is 359 g/mol. The Morgan fingerprint density at radius 1 is 1.60 bits per heavy atom. The minimum absolute atomic E-state index is 0.570. The normalized spacial score (nSPS) is 12.2. The number of rotatable bonds is 5. The van der Waals surface area contributed by atoms with Crippen LogP contribution in [-0.2, 0) is 11.3 Å². The lowest BCUT2D eigenvalue weighted by atomic mass is 10.2. The Balaban J connectivity index is 2.30. The number of imidazole rings is 1. The first kappa shape index (κ1) is 14.9. The molecule has 106 valence electrons. The number of aromatic nitrogens is 2. The van der Waals surface area contributed by atoms with E-state index in [-0.39, 0.29) is 0 Å². The molecule has 2 aromatic rings. The van der Waals surface area contributed by atoms with Gasteiger partial charge in [-0.3, -0.25) is 0 Å². The van der Waals surface area contributed by atoms with Gasteiger partial charge in [0.1, 0.15) is 0 Å². The monoisotopic (exact) mass is 357 g/mol. The average Bonchev–Trinajstić information content (AvgIpc) is 2.87. The molecule has 7 heteroatoms. The molecule has 0 amide bonds. The molecule has 5 nitrogen and oxygen atoms in total. The molecule has 1 unspecified atom stereocenters. The fraction of sp³-hybridized carbons (Fsp3) is 0.231. The van der Waals surface area contributed by atoms with Gasteiger partial charge in [0.2, 0.25) is 0 Å². The first-order valence-corrected chi connectivity index (χ1v) is 7.14. The van der Waals surface area contributed by atoms with Crippen LogP contribution in [0.1, 0.15) is 18.7 Å². The summed E-state index contributed by atoms with van der Waals surface area (Å²) in [6, 6.07) is 4.30. The topological polar surface area (TPSA) is 67.2 Å². The van der Waals surface area contributed by atoms with Crippen LogP contribution in [0, 0.1) is 0 Å². The Morgan fingerprint density at radius 3 is 2.95 bits per heavy atom. The van der Waals surface area contributed by atoms with Crippen LogP contribution < -0.4 is 5.32 Å². The molecule has 0 bridgehead atoms. The molecule has 20 heavy (non-hydrogen) atoms. The molecule has 2 N–H and O–H groups in total. The van der Waals surface area contributed by atoms with Crippen LogP contribution in [0.15, 0.2) is 35.2 Å². The van der Waals surface area contributed by atoms with Gasteiger partial charge in [-0.15, -0.1) is 0 Å². The highest BCUT2D eigenvalue weighted by Crippen LogP contribution is 2.28.